The number of halogens is 3. The van der Waals surface area contributed by atoms with E-state index in [1.54, 1.807) is 7.11 Å². The van der Waals surface area contributed by atoms with Crippen molar-refractivity contribution in [3.8, 4) is 5.75 Å². The van der Waals surface area contributed by atoms with Crippen LogP contribution in [0.1, 0.15) is 47.4 Å². The van der Waals surface area contributed by atoms with Crippen LogP contribution in [-0.4, -0.2) is 74.7 Å². The van der Waals surface area contributed by atoms with E-state index >= 15 is 0 Å². The number of alkyl halides is 3. The van der Waals surface area contributed by atoms with Crippen molar-refractivity contribution in [2.45, 2.75) is 51.5 Å². The molecule has 12 heteroatoms. The van der Waals surface area contributed by atoms with Gasteiger partial charge >= 0.3 is 12.1 Å². The molecule has 0 bridgehead atoms. The van der Waals surface area contributed by atoms with E-state index in [1.165, 1.54) is 19.3 Å². The molecule has 4 rings (SSSR count). The van der Waals surface area contributed by atoms with E-state index in [0.717, 1.165) is 56.3 Å². The summed E-state index contributed by atoms with van der Waals surface area (Å²) in [5.74, 6) is -1.95. The minimum Gasteiger partial charge on any atom is -0.497 e. The molecule has 34 heavy (non-hydrogen) atoms. The molecule has 0 radical (unpaired) electrons. The van der Waals surface area contributed by atoms with Crippen LogP contribution >= 0.6 is 0 Å². The van der Waals surface area contributed by atoms with Gasteiger partial charge < -0.3 is 14.7 Å². The number of fused-ring (bicyclic) bond motifs is 1. The van der Waals surface area contributed by atoms with Crippen LogP contribution in [0.25, 0.3) is 0 Å². The Kier molecular flexibility index (Phi) is 8.48. The first-order chi connectivity index (χ1) is 16.2. The highest BCUT2D eigenvalue weighted by Crippen LogP contribution is 2.21. The van der Waals surface area contributed by atoms with E-state index in [0.29, 0.717) is 12.1 Å². The van der Waals surface area contributed by atoms with Gasteiger partial charge in [0, 0.05) is 25.2 Å². The Labute approximate surface area is 195 Å². The Balaban J connectivity index is 0.000000406. The third-order valence-electron chi connectivity index (χ3n) is 5.75. The number of carboxylic acid groups (broad SMARTS) is 1. The number of hydrogen-bond acceptors (Lipinski definition) is 6. The highest BCUT2D eigenvalue weighted by molar-refractivity contribution is 5.94. The molecule has 186 valence electrons. The SMILES string of the molecule is COc1ccc(C(=O)N2CCCn3nnc(CN4CCCCC4)c3C2)cc1.O=C(O)C(F)(F)F. The van der Waals surface area contributed by atoms with E-state index in [1.807, 2.05) is 33.8 Å². The smallest absolute Gasteiger partial charge is 0.490 e. The van der Waals surface area contributed by atoms with Crippen molar-refractivity contribution in [2.75, 3.05) is 26.7 Å². The van der Waals surface area contributed by atoms with Crippen molar-refractivity contribution in [2.24, 2.45) is 0 Å². The fourth-order valence-electron chi connectivity index (χ4n) is 3.93. The van der Waals surface area contributed by atoms with Crippen molar-refractivity contribution in [3.05, 3.63) is 41.2 Å². The second-order valence-corrected chi connectivity index (χ2v) is 8.15. The number of likely N-dealkylation sites (tertiary alicyclic amines) is 1. The molecule has 2 aliphatic heterocycles. The molecule has 1 fully saturated rings. The molecule has 0 saturated carbocycles. The molecule has 0 aliphatic carbocycles. The average molecular weight is 483 g/mol. The number of carbonyl (C=O) groups is 2. The lowest BCUT2D eigenvalue weighted by Gasteiger charge is -2.26. The molecule has 1 saturated heterocycles. The Bertz CT molecular complexity index is 972. The van der Waals surface area contributed by atoms with Crippen molar-refractivity contribution in [1.29, 1.82) is 0 Å². The highest BCUT2D eigenvalue weighted by atomic mass is 19.4. The monoisotopic (exact) mass is 483 g/mol. The molecule has 1 aromatic carbocycles. The summed E-state index contributed by atoms with van der Waals surface area (Å²) in [5.41, 5.74) is 2.79. The first-order valence-corrected chi connectivity index (χ1v) is 11.1. The number of piperidine rings is 1. The maximum atomic E-state index is 13.0. The number of rotatable bonds is 4. The summed E-state index contributed by atoms with van der Waals surface area (Å²) >= 11 is 0. The molecule has 2 aromatic rings. The van der Waals surface area contributed by atoms with E-state index in [9.17, 15) is 18.0 Å². The molecule has 3 heterocycles. The second kappa shape index (κ2) is 11.3. The number of methoxy groups -OCH3 is 1. The molecule has 0 spiro atoms. The van der Waals surface area contributed by atoms with Gasteiger partial charge in [0.05, 0.1) is 19.3 Å². The fourth-order valence-corrected chi connectivity index (χ4v) is 3.93. The lowest BCUT2D eigenvalue weighted by Crippen LogP contribution is -2.32. The van der Waals surface area contributed by atoms with E-state index < -0.39 is 12.1 Å². The molecule has 0 unspecified atom stereocenters. The topological polar surface area (TPSA) is 101 Å². The second-order valence-electron chi connectivity index (χ2n) is 8.15. The molecule has 1 aromatic heterocycles. The van der Waals surface area contributed by atoms with Crippen LogP contribution in [0, 0.1) is 0 Å². The molecule has 1 amide bonds. The van der Waals surface area contributed by atoms with Gasteiger partial charge in [-0.1, -0.05) is 11.6 Å². The Morgan fingerprint density at radius 3 is 2.26 bits per heavy atom. The van der Waals surface area contributed by atoms with Gasteiger partial charge in [0.1, 0.15) is 11.4 Å². The number of ether oxygens (including phenoxy) is 1. The van der Waals surface area contributed by atoms with E-state index in [2.05, 4.69) is 15.2 Å². The third kappa shape index (κ3) is 6.69. The molecular weight excluding hydrogens is 455 g/mol. The summed E-state index contributed by atoms with van der Waals surface area (Å²) in [6.45, 7) is 5.20. The van der Waals surface area contributed by atoms with E-state index in [-0.39, 0.29) is 5.91 Å². The van der Waals surface area contributed by atoms with Gasteiger partial charge in [0.2, 0.25) is 0 Å². The average Bonchev–Trinajstić information content (AvgIpc) is 3.06. The maximum Gasteiger partial charge on any atom is 0.490 e. The molecule has 2 aliphatic rings. The summed E-state index contributed by atoms with van der Waals surface area (Å²) in [7, 11) is 1.63. The van der Waals surface area contributed by atoms with Crippen molar-refractivity contribution in [3.63, 3.8) is 0 Å². The van der Waals surface area contributed by atoms with Gasteiger partial charge in [0.25, 0.3) is 5.91 Å². The van der Waals surface area contributed by atoms with Crippen molar-refractivity contribution in [1.82, 2.24) is 24.8 Å². The molecular formula is C22H28F3N5O4. The van der Waals surface area contributed by atoms with Gasteiger partial charge in [-0.2, -0.15) is 13.2 Å². The Morgan fingerprint density at radius 2 is 1.68 bits per heavy atom. The summed E-state index contributed by atoms with van der Waals surface area (Å²) in [4.78, 5) is 26.3. The minimum atomic E-state index is -5.08. The zero-order valence-corrected chi connectivity index (χ0v) is 18.9. The zero-order chi connectivity index (χ0) is 24.7. The van der Waals surface area contributed by atoms with Gasteiger partial charge in [-0.3, -0.25) is 9.69 Å². The Hall–Kier alpha value is -3.15. The number of aliphatic carboxylic acids is 1. The predicted octanol–water partition coefficient (Wildman–Crippen LogP) is 2.95. The van der Waals surface area contributed by atoms with Crippen molar-refractivity contribution < 1.29 is 32.6 Å². The fraction of sp³-hybridized carbons (Fsp3) is 0.545. The van der Waals surface area contributed by atoms with Crippen LogP contribution in [0.15, 0.2) is 24.3 Å². The highest BCUT2D eigenvalue weighted by Gasteiger charge is 2.38. The number of nitrogens with zero attached hydrogens (tertiary/aromatic N) is 5. The predicted molar refractivity (Wildman–Crippen MR) is 115 cm³/mol. The normalized spacial score (nSPS) is 16.6. The maximum absolute atomic E-state index is 13.0. The van der Waals surface area contributed by atoms with Gasteiger partial charge in [-0.15, -0.1) is 5.10 Å². The first kappa shape index (κ1) is 25.5. The van der Waals surface area contributed by atoms with Crippen LogP contribution in [0.2, 0.25) is 0 Å². The summed E-state index contributed by atoms with van der Waals surface area (Å²) in [6.07, 6.45) is -0.362. The summed E-state index contributed by atoms with van der Waals surface area (Å²) in [5, 5.41) is 15.9. The number of amides is 1. The van der Waals surface area contributed by atoms with E-state index in [4.69, 9.17) is 14.6 Å². The van der Waals surface area contributed by atoms with Crippen LogP contribution in [0.5, 0.6) is 5.75 Å². The zero-order valence-electron chi connectivity index (χ0n) is 18.9. The van der Waals surface area contributed by atoms with Crippen LogP contribution in [0.4, 0.5) is 13.2 Å². The molecule has 0 atom stereocenters. The first-order valence-electron chi connectivity index (χ1n) is 11.1. The standard InChI is InChI=1S/C20H27N5O2.C2HF3O2/c1-27-17-8-6-16(7-9-17)20(26)24-12-5-13-25-19(15-24)18(21-22-25)14-23-10-3-2-4-11-23;3-2(4,5)1(6)7/h6-9H,2-5,10-15H2,1H3;(H,6,7). The third-order valence-corrected chi connectivity index (χ3v) is 5.75. The van der Waals surface area contributed by atoms with Crippen LogP contribution in [0.3, 0.4) is 0 Å². The summed E-state index contributed by atoms with van der Waals surface area (Å²) < 4.78 is 38.9. The Morgan fingerprint density at radius 1 is 1.03 bits per heavy atom. The van der Waals surface area contributed by atoms with Crippen molar-refractivity contribution >= 4 is 11.9 Å². The van der Waals surface area contributed by atoms with Gasteiger partial charge in [0.15, 0.2) is 0 Å². The lowest BCUT2D eigenvalue weighted by molar-refractivity contribution is -0.192. The number of hydrogen-bond donors (Lipinski definition) is 1. The van der Waals surface area contributed by atoms with Crippen LogP contribution < -0.4 is 4.74 Å². The number of aromatic nitrogens is 3. The number of benzene rings is 1. The van der Waals surface area contributed by atoms with Gasteiger partial charge in [-0.05, 0) is 56.6 Å². The molecule has 1 N–H and O–H groups in total. The lowest BCUT2D eigenvalue weighted by atomic mass is 10.1. The van der Waals surface area contributed by atoms with Crippen LogP contribution in [-0.2, 0) is 24.4 Å². The summed E-state index contributed by atoms with van der Waals surface area (Å²) in [6, 6.07) is 7.32. The number of carboxylic acids is 1. The quantitative estimate of drug-likeness (QED) is 0.714. The number of aryl methyl sites for hydroxylation is 1. The minimum absolute atomic E-state index is 0.0521. The largest absolute Gasteiger partial charge is 0.497 e. The number of carbonyl (C=O) groups excluding carboxylic acids is 1. The molecule has 9 nitrogen and oxygen atoms in total. The van der Waals surface area contributed by atoms with Gasteiger partial charge in [-0.25, -0.2) is 9.48 Å².